The van der Waals surface area contributed by atoms with E-state index in [4.69, 9.17) is 9.47 Å². The number of aliphatic hydroxyl groups is 5. The first-order chi connectivity index (χ1) is 31.8. The van der Waals surface area contributed by atoms with Gasteiger partial charge in [-0.3, -0.25) is 4.79 Å². The predicted octanol–water partition coefficient (Wildman–Crippen LogP) is 11.2. The van der Waals surface area contributed by atoms with Gasteiger partial charge in [0.05, 0.1) is 25.4 Å². The van der Waals surface area contributed by atoms with Crippen LogP contribution >= 0.6 is 0 Å². The molecule has 0 aliphatic carbocycles. The Balaban J connectivity index is 2.08. The molecule has 0 aromatic rings. The number of allylic oxidation sites excluding steroid dienone is 23. The summed E-state index contributed by atoms with van der Waals surface area (Å²) in [6.45, 7) is 3.39. The summed E-state index contributed by atoms with van der Waals surface area (Å²) in [5.41, 5.74) is 0. The van der Waals surface area contributed by atoms with E-state index in [1.165, 1.54) is 0 Å². The number of amides is 1. The monoisotopic (exact) mass is 902 g/mol. The number of ether oxygens (including phenoxy) is 2. The maximum absolute atomic E-state index is 12.8. The van der Waals surface area contributed by atoms with Crippen molar-refractivity contribution in [3.63, 3.8) is 0 Å². The van der Waals surface area contributed by atoms with Gasteiger partial charge in [-0.15, -0.1) is 0 Å². The van der Waals surface area contributed by atoms with Gasteiger partial charge in [-0.25, -0.2) is 0 Å². The Bertz CT molecular complexity index is 1510. The Hall–Kier alpha value is -3.93. The third kappa shape index (κ3) is 34.1. The molecule has 1 fully saturated rings. The van der Waals surface area contributed by atoms with Crippen molar-refractivity contribution in [2.45, 2.75) is 185 Å². The van der Waals surface area contributed by atoms with Crippen molar-refractivity contribution in [3.05, 3.63) is 146 Å². The minimum absolute atomic E-state index is 0.211. The molecule has 1 aliphatic heterocycles. The van der Waals surface area contributed by atoms with Crippen LogP contribution in [0.5, 0.6) is 0 Å². The fourth-order valence-corrected chi connectivity index (χ4v) is 6.52. The minimum Gasteiger partial charge on any atom is -0.394 e. The average molecular weight is 902 g/mol. The highest BCUT2D eigenvalue weighted by Gasteiger charge is 2.44. The molecule has 0 saturated carbocycles. The summed E-state index contributed by atoms with van der Waals surface area (Å²) in [4.78, 5) is 12.8. The molecule has 0 radical (unpaired) electrons. The molecule has 9 heteroatoms. The largest absolute Gasteiger partial charge is 0.394 e. The Morgan fingerprint density at radius 1 is 0.538 bits per heavy atom. The van der Waals surface area contributed by atoms with E-state index in [2.05, 4.69) is 146 Å². The Morgan fingerprint density at radius 2 is 0.954 bits per heavy atom. The van der Waals surface area contributed by atoms with Crippen molar-refractivity contribution < 1.29 is 39.8 Å². The zero-order valence-corrected chi connectivity index (χ0v) is 39.9. The van der Waals surface area contributed by atoms with Gasteiger partial charge in [-0.2, -0.15) is 0 Å². The molecule has 0 spiro atoms. The number of carbonyl (C=O) groups excluding carboxylic acids is 1. The molecule has 7 atom stereocenters. The van der Waals surface area contributed by atoms with Gasteiger partial charge in [-0.05, 0) is 96.3 Å². The third-order valence-electron chi connectivity index (χ3n) is 10.4. The molecule has 1 heterocycles. The second-order valence-corrected chi connectivity index (χ2v) is 16.2. The van der Waals surface area contributed by atoms with Gasteiger partial charge in [0.25, 0.3) is 0 Å². The molecule has 7 unspecified atom stereocenters. The molecular formula is C56H87NO8. The summed E-state index contributed by atoms with van der Waals surface area (Å²) in [6.07, 6.45) is 63.0. The number of carbonyl (C=O) groups is 1. The van der Waals surface area contributed by atoms with Crippen LogP contribution in [0.2, 0.25) is 0 Å². The van der Waals surface area contributed by atoms with Gasteiger partial charge in [0.15, 0.2) is 6.29 Å². The van der Waals surface area contributed by atoms with E-state index in [-0.39, 0.29) is 12.5 Å². The van der Waals surface area contributed by atoms with Crippen molar-refractivity contribution >= 4 is 5.91 Å². The molecule has 65 heavy (non-hydrogen) atoms. The van der Waals surface area contributed by atoms with Crippen molar-refractivity contribution in [3.8, 4) is 0 Å². The summed E-state index contributed by atoms with van der Waals surface area (Å²) < 4.78 is 11.0. The van der Waals surface area contributed by atoms with Gasteiger partial charge in [0, 0.05) is 6.42 Å². The van der Waals surface area contributed by atoms with Crippen LogP contribution in [0.1, 0.15) is 142 Å². The van der Waals surface area contributed by atoms with Gasteiger partial charge in [0.2, 0.25) is 5.91 Å². The van der Waals surface area contributed by atoms with E-state index in [1.54, 1.807) is 6.08 Å². The molecule has 9 nitrogen and oxygen atoms in total. The summed E-state index contributed by atoms with van der Waals surface area (Å²) in [5.74, 6) is -0.217. The van der Waals surface area contributed by atoms with Crippen LogP contribution in [0, 0.1) is 0 Å². The number of rotatable bonds is 38. The average Bonchev–Trinajstić information content (AvgIpc) is 3.30. The lowest BCUT2D eigenvalue weighted by Gasteiger charge is -2.40. The zero-order chi connectivity index (χ0) is 47.3. The fourth-order valence-electron chi connectivity index (χ4n) is 6.52. The van der Waals surface area contributed by atoms with Gasteiger partial charge in [-0.1, -0.05) is 185 Å². The smallest absolute Gasteiger partial charge is 0.220 e. The highest BCUT2D eigenvalue weighted by molar-refractivity contribution is 5.76. The van der Waals surface area contributed by atoms with E-state index in [0.717, 1.165) is 122 Å². The van der Waals surface area contributed by atoms with Crippen LogP contribution < -0.4 is 5.32 Å². The van der Waals surface area contributed by atoms with Crippen LogP contribution in [0.3, 0.4) is 0 Å². The maximum atomic E-state index is 12.8. The van der Waals surface area contributed by atoms with Crippen molar-refractivity contribution in [1.82, 2.24) is 5.32 Å². The number of nitrogens with one attached hydrogen (secondary N) is 1. The highest BCUT2D eigenvalue weighted by Crippen LogP contribution is 2.22. The molecule has 0 aromatic carbocycles. The maximum Gasteiger partial charge on any atom is 0.220 e. The third-order valence-corrected chi connectivity index (χ3v) is 10.4. The molecule has 6 N–H and O–H groups in total. The van der Waals surface area contributed by atoms with E-state index < -0.39 is 49.5 Å². The number of unbranched alkanes of at least 4 members (excludes halogenated alkanes) is 6. The van der Waals surface area contributed by atoms with E-state index in [0.29, 0.717) is 6.42 Å². The number of aliphatic hydroxyl groups excluding tert-OH is 5. The molecule has 1 saturated heterocycles. The van der Waals surface area contributed by atoms with Crippen LogP contribution in [0.4, 0.5) is 0 Å². The lowest BCUT2D eigenvalue weighted by atomic mass is 9.99. The van der Waals surface area contributed by atoms with Gasteiger partial charge < -0.3 is 40.3 Å². The lowest BCUT2D eigenvalue weighted by Crippen LogP contribution is -2.60. The topological polar surface area (TPSA) is 149 Å². The molecule has 1 amide bonds. The van der Waals surface area contributed by atoms with E-state index >= 15 is 0 Å². The first kappa shape index (κ1) is 59.1. The fraction of sp³-hybridized carbons (Fsp3) is 0.554. The van der Waals surface area contributed by atoms with Crippen LogP contribution in [0.15, 0.2) is 146 Å². The van der Waals surface area contributed by atoms with Gasteiger partial charge >= 0.3 is 0 Å². The minimum atomic E-state index is -1.57. The van der Waals surface area contributed by atoms with Gasteiger partial charge in [0.1, 0.15) is 24.4 Å². The first-order valence-electron chi connectivity index (χ1n) is 24.6. The standard InChI is InChI=1S/C56H87NO8/c1-3-5-7-8-9-10-11-12-13-14-15-16-17-18-19-20-21-22-23-24-25-26-27-28-29-30-31-32-33-34-35-36-37-38-39-40-41-42-44-46-52(60)57-49(50(59)45-43-6-4-2)48-64-56-55(63)54(62)53(61)51(47-58)65-56/h5,7,9-10,12-13,15-16,18-19,21-22,24-25,27-28,30-31,33-34,36-37,43,45,49-51,53-56,58-59,61-63H,3-4,6,8,11,14,17,20,23,26,29,32,35,38-42,44,46-48H2,1-2H3,(H,57,60)/b7-5-,10-9-,13-12-,16-15-,19-18-,22-21-,25-24-,28-27-,31-30-,34-33-,37-36-,45-43+. The molecule has 0 aromatic heterocycles. The highest BCUT2D eigenvalue weighted by atomic mass is 16.7. The summed E-state index contributed by atoms with van der Waals surface area (Å²) >= 11 is 0. The Labute approximate surface area is 393 Å². The predicted molar refractivity (Wildman–Crippen MR) is 271 cm³/mol. The number of hydrogen-bond acceptors (Lipinski definition) is 8. The SMILES string of the molecule is CC/C=C\C/C=C\C/C=C\C/C=C\C/C=C\C/C=C\C/C=C\C/C=C\C/C=C\C/C=C\C/C=C\CCCCCCCC(=O)NC(COC1OC(CO)C(O)C(O)C1O)C(O)/C=C/CCC. The Kier molecular flexibility index (Phi) is 39.9. The molecule has 1 rings (SSSR count). The lowest BCUT2D eigenvalue weighted by molar-refractivity contribution is -0.302. The van der Waals surface area contributed by atoms with Crippen molar-refractivity contribution in [2.75, 3.05) is 13.2 Å². The molecule has 0 bridgehead atoms. The summed E-state index contributed by atoms with van der Waals surface area (Å²) in [6, 6.07) is -0.821. The van der Waals surface area contributed by atoms with Crippen molar-refractivity contribution in [1.29, 1.82) is 0 Å². The molecule has 364 valence electrons. The normalized spacial score (nSPS) is 21.2. The Morgan fingerprint density at radius 3 is 1.38 bits per heavy atom. The van der Waals surface area contributed by atoms with Crippen LogP contribution in [-0.4, -0.2) is 87.5 Å². The quantitative estimate of drug-likeness (QED) is 0.0265. The van der Waals surface area contributed by atoms with Crippen LogP contribution in [-0.2, 0) is 14.3 Å². The van der Waals surface area contributed by atoms with Crippen LogP contribution in [0.25, 0.3) is 0 Å². The van der Waals surface area contributed by atoms with E-state index in [9.17, 15) is 30.3 Å². The number of hydrogen-bond donors (Lipinski definition) is 6. The van der Waals surface area contributed by atoms with Crippen molar-refractivity contribution in [2.24, 2.45) is 0 Å². The first-order valence-corrected chi connectivity index (χ1v) is 24.6. The molecular weight excluding hydrogens is 815 g/mol. The second kappa shape index (κ2) is 43.9. The molecule has 1 aliphatic rings. The van der Waals surface area contributed by atoms with E-state index in [1.807, 2.05) is 13.0 Å². The second-order valence-electron chi connectivity index (χ2n) is 16.2. The summed E-state index contributed by atoms with van der Waals surface area (Å²) in [7, 11) is 0. The summed E-state index contributed by atoms with van der Waals surface area (Å²) in [5, 5.41) is 53.4. The zero-order valence-electron chi connectivity index (χ0n) is 39.9.